The summed E-state index contributed by atoms with van der Waals surface area (Å²) in [5, 5.41) is 4.66. The Hall–Kier alpha value is -3.54. The SMILES string of the molecule is NC(=O)c1ccc(-c2cnc3ccc(Cc4ccc(F)cc4)nn23)cc1. The number of benzene rings is 2. The van der Waals surface area contributed by atoms with E-state index in [4.69, 9.17) is 5.73 Å². The van der Waals surface area contributed by atoms with Crippen LogP contribution < -0.4 is 5.73 Å². The molecule has 5 nitrogen and oxygen atoms in total. The molecule has 1 amide bonds. The second kappa shape index (κ2) is 6.40. The molecule has 4 rings (SSSR count). The molecule has 4 aromatic rings. The number of imidazole rings is 1. The van der Waals surface area contributed by atoms with E-state index in [2.05, 4.69) is 10.1 Å². The van der Waals surface area contributed by atoms with Gasteiger partial charge in [-0.05, 0) is 42.0 Å². The number of hydrogen-bond acceptors (Lipinski definition) is 3. The largest absolute Gasteiger partial charge is 0.366 e. The van der Waals surface area contributed by atoms with Crippen molar-refractivity contribution in [2.45, 2.75) is 6.42 Å². The van der Waals surface area contributed by atoms with Crippen LogP contribution in [0, 0.1) is 5.82 Å². The second-order valence-electron chi connectivity index (χ2n) is 5.98. The van der Waals surface area contributed by atoms with Crippen molar-refractivity contribution >= 4 is 11.6 Å². The lowest BCUT2D eigenvalue weighted by Crippen LogP contribution is -2.10. The number of fused-ring (bicyclic) bond motifs is 1. The average Bonchev–Trinajstić information content (AvgIpc) is 3.07. The minimum absolute atomic E-state index is 0.256. The van der Waals surface area contributed by atoms with E-state index in [1.54, 1.807) is 35.0 Å². The number of rotatable bonds is 4. The Balaban J connectivity index is 1.70. The molecule has 2 aromatic heterocycles. The van der Waals surface area contributed by atoms with Gasteiger partial charge < -0.3 is 5.73 Å². The molecule has 0 spiro atoms. The van der Waals surface area contributed by atoms with Gasteiger partial charge in [0.25, 0.3) is 0 Å². The zero-order valence-corrected chi connectivity index (χ0v) is 13.8. The van der Waals surface area contributed by atoms with Crippen LogP contribution in [0.4, 0.5) is 4.39 Å². The Labute approximate surface area is 148 Å². The first-order chi connectivity index (χ1) is 12.6. The van der Waals surface area contributed by atoms with Gasteiger partial charge in [-0.2, -0.15) is 5.10 Å². The van der Waals surface area contributed by atoms with E-state index in [9.17, 15) is 9.18 Å². The van der Waals surface area contributed by atoms with Crippen LogP contribution in [0.5, 0.6) is 0 Å². The number of hydrogen-bond donors (Lipinski definition) is 1. The number of primary amides is 1. The maximum Gasteiger partial charge on any atom is 0.248 e. The van der Waals surface area contributed by atoms with Crippen LogP contribution in [-0.2, 0) is 6.42 Å². The van der Waals surface area contributed by atoms with Gasteiger partial charge >= 0.3 is 0 Å². The van der Waals surface area contributed by atoms with Crippen LogP contribution in [-0.4, -0.2) is 20.5 Å². The zero-order chi connectivity index (χ0) is 18.1. The fourth-order valence-corrected chi connectivity index (χ4v) is 2.82. The van der Waals surface area contributed by atoms with Gasteiger partial charge in [-0.1, -0.05) is 24.3 Å². The number of halogens is 1. The lowest BCUT2D eigenvalue weighted by Gasteiger charge is -2.05. The first-order valence-corrected chi connectivity index (χ1v) is 8.08. The summed E-state index contributed by atoms with van der Waals surface area (Å²) in [5.74, 6) is -0.720. The molecule has 0 atom stereocenters. The maximum atomic E-state index is 13.1. The topological polar surface area (TPSA) is 73.3 Å². The van der Waals surface area contributed by atoms with Crippen molar-refractivity contribution in [2.75, 3.05) is 0 Å². The summed E-state index contributed by atoms with van der Waals surface area (Å²) in [7, 11) is 0. The third-order valence-corrected chi connectivity index (χ3v) is 4.18. The Morgan fingerprint density at radius 3 is 2.42 bits per heavy atom. The van der Waals surface area contributed by atoms with E-state index in [1.807, 2.05) is 24.3 Å². The molecule has 0 saturated carbocycles. The van der Waals surface area contributed by atoms with Gasteiger partial charge in [0.05, 0.1) is 17.6 Å². The third-order valence-electron chi connectivity index (χ3n) is 4.18. The smallest absolute Gasteiger partial charge is 0.248 e. The van der Waals surface area contributed by atoms with Crippen LogP contribution >= 0.6 is 0 Å². The van der Waals surface area contributed by atoms with E-state index in [-0.39, 0.29) is 5.82 Å². The molecule has 0 bridgehead atoms. The molecule has 6 heteroatoms. The summed E-state index contributed by atoms with van der Waals surface area (Å²) in [5.41, 5.74) is 9.98. The molecule has 128 valence electrons. The van der Waals surface area contributed by atoms with Crippen LogP contribution in [0.3, 0.4) is 0 Å². The molecule has 0 saturated heterocycles. The Bertz CT molecular complexity index is 1090. The van der Waals surface area contributed by atoms with Gasteiger partial charge in [0.2, 0.25) is 5.91 Å². The molecule has 26 heavy (non-hydrogen) atoms. The van der Waals surface area contributed by atoms with Gasteiger partial charge in [0, 0.05) is 17.5 Å². The molecular formula is C20H15FN4O. The van der Waals surface area contributed by atoms with E-state index in [0.29, 0.717) is 12.0 Å². The fraction of sp³-hybridized carbons (Fsp3) is 0.0500. The van der Waals surface area contributed by atoms with E-state index < -0.39 is 5.91 Å². The second-order valence-corrected chi connectivity index (χ2v) is 5.98. The highest BCUT2D eigenvalue weighted by Gasteiger charge is 2.09. The molecule has 2 N–H and O–H groups in total. The lowest BCUT2D eigenvalue weighted by molar-refractivity contribution is 0.100. The van der Waals surface area contributed by atoms with Crippen molar-refractivity contribution in [3.8, 4) is 11.3 Å². The van der Waals surface area contributed by atoms with Crippen molar-refractivity contribution in [1.82, 2.24) is 14.6 Å². The van der Waals surface area contributed by atoms with Gasteiger partial charge in [-0.25, -0.2) is 13.9 Å². The van der Waals surface area contributed by atoms with E-state index in [0.717, 1.165) is 28.2 Å². The number of nitrogens with two attached hydrogens (primary N) is 1. The predicted molar refractivity (Wildman–Crippen MR) is 96.1 cm³/mol. The number of carbonyl (C=O) groups excluding carboxylic acids is 1. The van der Waals surface area contributed by atoms with Crippen molar-refractivity contribution in [2.24, 2.45) is 5.73 Å². The predicted octanol–water partition coefficient (Wildman–Crippen LogP) is 3.23. The van der Waals surface area contributed by atoms with Crippen LogP contribution in [0.25, 0.3) is 16.9 Å². The average molecular weight is 346 g/mol. The standard InChI is InChI=1S/C20H15FN4O/c21-16-7-1-13(2-8-16)11-17-9-10-19-23-12-18(25(19)24-17)14-3-5-15(6-4-14)20(22)26/h1-10,12H,11H2,(H2,22,26). The lowest BCUT2D eigenvalue weighted by atomic mass is 10.1. The highest BCUT2D eigenvalue weighted by molar-refractivity contribution is 5.93. The molecule has 2 aromatic carbocycles. The number of carbonyl (C=O) groups is 1. The van der Waals surface area contributed by atoms with Gasteiger partial charge in [0.15, 0.2) is 5.65 Å². The van der Waals surface area contributed by atoms with Crippen molar-refractivity contribution in [1.29, 1.82) is 0 Å². The fourth-order valence-electron chi connectivity index (χ4n) is 2.82. The number of amides is 1. The first-order valence-electron chi connectivity index (χ1n) is 8.08. The summed E-state index contributed by atoms with van der Waals surface area (Å²) < 4.78 is 14.8. The molecule has 0 aliphatic heterocycles. The van der Waals surface area contributed by atoms with Crippen molar-refractivity contribution in [3.05, 3.63) is 89.5 Å². The molecule has 0 radical (unpaired) electrons. The van der Waals surface area contributed by atoms with Crippen LogP contribution in [0.2, 0.25) is 0 Å². The van der Waals surface area contributed by atoms with E-state index >= 15 is 0 Å². The Morgan fingerprint density at radius 2 is 1.73 bits per heavy atom. The number of aromatic nitrogens is 3. The molecular weight excluding hydrogens is 331 g/mol. The molecule has 0 aliphatic rings. The summed E-state index contributed by atoms with van der Waals surface area (Å²) in [6.45, 7) is 0. The monoisotopic (exact) mass is 346 g/mol. The molecule has 0 fully saturated rings. The molecule has 0 unspecified atom stereocenters. The normalized spacial score (nSPS) is 11.0. The molecule has 0 aliphatic carbocycles. The summed E-state index contributed by atoms with van der Waals surface area (Å²) in [6, 6.07) is 17.2. The quantitative estimate of drug-likeness (QED) is 0.616. The first kappa shape index (κ1) is 16.0. The van der Waals surface area contributed by atoms with Crippen LogP contribution in [0.1, 0.15) is 21.6 Å². The van der Waals surface area contributed by atoms with Gasteiger partial charge in [0.1, 0.15) is 5.82 Å². The Morgan fingerprint density at radius 1 is 1.00 bits per heavy atom. The zero-order valence-electron chi connectivity index (χ0n) is 13.8. The maximum absolute atomic E-state index is 13.1. The highest BCUT2D eigenvalue weighted by Crippen LogP contribution is 2.21. The third kappa shape index (κ3) is 3.04. The van der Waals surface area contributed by atoms with Crippen LogP contribution in [0.15, 0.2) is 66.9 Å². The van der Waals surface area contributed by atoms with Crippen molar-refractivity contribution in [3.63, 3.8) is 0 Å². The minimum atomic E-state index is -0.464. The Kier molecular flexibility index (Phi) is 3.93. The minimum Gasteiger partial charge on any atom is -0.366 e. The molecule has 2 heterocycles. The number of nitrogens with zero attached hydrogens (tertiary/aromatic N) is 3. The van der Waals surface area contributed by atoms with E-state index in [1.165, 1.54) is 12.1 Å². The summed E-state index contributed by atoms with van der Waals surface area (Å²) in [6.07, 6.45) is 2.33. The summed E-state index contributed by atoms with van der Waals surface area (Å²) in [4.78, 5) is 15.6. The van der Waals surface area contributed by atoms with Gasteiger partial charge in [-0.3, -0.25) is 4.79 Å². The van der Waals surface area contributed by atoms with Gasteiger partial charge in [-0.15, -0.1) is 0 Å². The van der Waals surface area contributed by atoms with Crippen molar-refractivity contribution < 1.29 is 9.18 Å². The highest BCUT2D eigenvalue weighted by atomic mass is 19.1. The summed E-state index contributed by atoms with van der Waals surface area (Å²) >= 11 is 0.